The number of carboxylic acid groups (broad SMARTS) is 1. The Morgan fingerprint density at radius 2 is 1.95 bits per heavy atom. The number of rotatable bonds is 8. The van der Waals surface area contributed by atoms with Crippen molar-refractivity contribution in [3.05, 3.63) is 23.9 Å². The quantitative estimate of drug-likeness (QED) is 0.527. The molecule has 0 aromatic heterocycles. The van der Waals surface area contributed by atoms with Crippen LogP contribution in [-0.2, 0) is 4.79 Å². The molecule has 0 aromatic rings. The van der Waals surface area contributed by atoms with Crippen molar-refractivity contribution in [3.63, 3.8) is 0 Å². The lowest BCUT2D eigenvalue weighted by Gasteiger charge is -2.13. The van der Waals surface area contributed by atoms with Gasteiger partial charge in [-0.05, 0) is 38.6 Å². The van der Waals surface area contributed by atoms with Gasteiger partial charge in [0.1, 0.15) is 0 Å². The first kappa shape index (κ1) is 20.0. The molecule has 0 aliphatic carbocycles. The fourth-order valence-corrected chi connectivity index (χ4v) is 1.19. The molecule has 0 saturated heterocycles. The van der Waals surface area contributed by atoms with Crippen molar-refractivity contribution in [3.8, 4) is 0 Å². The summed E-state index contributed by atoms with van der Waals surface area (Å²) in [5, 5.41) is 17.5. The number of hydrogen-bond donors (Lipinski definition) is 2. The lowest BCUT2D eigenvalue weighted by atomic mass is 10.3. The molecule has 0 amide bonds. The van der Waals surface area contributed by atoms with Crippen LogP contribution in [0.4, 0.5) is 0 Å². The average molecular weight is 291 g/mol. The van der Waals surface area contributed by atoms with Crippen LogP contribution in [0.3, 0.4) is 0 Å². The standard InChI is InChI=1S/C13H22N2O3.ClH/c1-4-15(5-2)8-6-7-11(3)9-14-12(10-16)13(17)18;/h6-9,12,16H,4-5,10H2,1-3H3,(H,17,18);1H/b8-6+,11-7+,14-9?;/t12-;/m0./s1. The Morgan fingerprint density at radius 3 is 2.37 bits per heavy atom. The first-order valence-corrected chi connectivity index (χ1v) is 6.01. The van der Waals surface area contributed by atoms with E-state index in [9.17, 15) is 4.79 Å². The highest BCUT2D eigenvalue weighted by molar-refractivity contribution is 5.85. The van der Waals surface area contributed by atoms with Gasteiger partial charge in [-0.15, -0.1) is 12.4 Å². The number of nitrogens with zero attached hydrogens (tertiary/aromatic N) is 2. The first-order valence-electron chi connectivity index (χ1n) is 6.01. The summed E-state index contributed by atoms with van der Waals surface area (Å²) in [5.74, 6) is -1.12. The van der Waals surface area contributed by atoms with Gasteiger partial charge in [0.25, 0.3) is 0 Å². The van der Waals surface area contributed by atoms with E-state index in [4.69, 9.17) is 10.2 Å². The van der Waals surface area contributed by atoms with Crippen molar-refractivity contribution in [1.82, 2.24) is 4.90 Å². The van der Waals surface area contributed by atoms with Gasteiger partial charge in [0.2, 0.25) is 0 Å². The summed E-state index contributed by atoms with van der Waals surface area (Å²) in [4.78, 5) is 16.5. The van der Waals surface area contributed by atoms with Crippen LogP contribution in [-0.4, -0.2) is 53.0 Å². The number of aliphatic carboxylic acids is 1. The molecule has 0 aromatic carbocycles. The van der Waals surface area contributed by atoms with E-state index in [0.29, 0.717) is 0 Å². The highest BCUT2D eigenvalue weighted by Crippen LogP contribution is 1.95. The van der Waals surface area contributed by atoms with Crippen LogP contribution in [0.2, 0.25) is 0 Å². The van der Waals surface area contributed by atoms with E-state index in [0.717, 1.165) is 18.7 Å². The van der Waals surface area contributed by atoms with E-state index in [1.54, 1.807) is 0 Å². The van der Waals surface area contributed by atoms with E-state index in [2.05, 4.69) is 23.7 Å². The van der Waals surface area contributed by atoms with E-state index < -0.39 is 18.6 Å². The highest BCUT2D eigenvalue weighted by atomic mass is 35.5. The largest absolute Gasteiger partial charge is 0.480 e. The highest BCUT2D eigenvalue weighted by Gasteiger charge is 2.12. The molecule has 0 rings (SSSR count). The predicted octanol–water partition coefficient (Wildman–Crippen LogP) is 1.73. The van der Waals surface area contributed by atoms with Gasteiger partial charge in [-0.3, -0.25) is 4.99 Å². The summed E-state index contributed by atoms with van der Waals surface area (Å²) in [5.41, 5.74) is 0.832. The van der Waals surface area contributed by atoms with Crippen LogP contribution in [0.1, 0.15) is 20.8 Å². The zero-order valence-electron chi connectivity index (χ0n) is 11.6. The van der Waals surface area contributed by atoms with E-state index >= 15 is 0 Å². The summed E-state index contributed by atoms with van der Waals surface area (Å²) in [6, 6.07) is -1.08. The number of aliphatic hydroxyl groups is 1. The summed E-state index contributed by atoms with van der Waals surface area (Å²) in [6.45, 7) is 7.37. The van der Waals surface area contributed by atoms with Crippen molar-refractivity contribution in [2.45, 2.75) is 26.8 Å². The predicted molar refractivity (Wildman–Crippen MR) is 80.1 cm³/mol. The minimum Gasteiger partial charge on any atom is -0.480 e. The van der Waals surface area contributed by atoms with Gasteiger partial charge in [0.15, 0.2) is 6.04 Å². The molecule has 0 radical (unpaired) electrons. The van der Waals surface area contributed by atoms with Crippen LogP contribution in [0, 0.1) is 0 Å². The molecule has 0 bridgehead atoms. The van der Waals surface area contributed by atoms with Crippen LogP contribution in [0.5, 0.6) is 0 Å². The zero-order chi connectivity index (χ0) is 14.0. The van der Waals surface area contributed by atoms with Crippen molar-refractivity contribution < 1.29 is 15.0 Å². The van der Waals surface area contributed by atoms with E-state index in [1.807, 2.05) is 25.3 Å². The second-order valence-electron chi connectivity index (χ2n) is 3.79. The molecule has 0 aliphatic rings. The minimum atomic E-state index is -1.12. The van der Waals surface area contributed by atoms with Gasteiger partial charge in [-0.25, -0.2) is 4.79 Å². The second kappa shape index (κ2) is 11.7. The molecule has 0 unspecified atom stereocenters. The summed E-state index contributed by atoms with van der Waals surface area (Å²) in [6.07, 6.45) is 7.17. The van der Waals surface area contributed by atoms with Gasteiger partial charge in [0, 0.05) is 19.3 Å². The third-order valence-corrected chi connectivity index (χ3v) is 2.38. The van der Waals surface area contributed by atoms with Crippen molar-refractivity contribution in [1.29, 1.82) is 0 Å². The Kier molecular flexibility index (Phi) is 12.4. The molecular formula is C13H23ClN2O3. The molecule has 0 fully saturated rings. The molecule has 0 saturated carbocycles. The number of aliphatic imine (C=N–C) groups is 1. The van der Waals surface area contributed by atoms with Crippen molar-refractivity contribution in [2.24, 2.45) is 4.99 Å². The Bertz CT molecular complexity index is 337. The number of allylic oxidation sites excluding steroid dienone is 3. The molecule has 6 heteroatoms. The number of hydrogen-bond acceptors (Lipinski definition) is 4. The molecular weight excluding hydrogens is 268 g/mol. The van der Waals surface area contributed by atoms with Gasteiger partial charge < -0.3 is 15.1 Å². The summed E-state index contributed by atoms with van der Waals surface area (Å²) < 4.78 is 0. The molecule has 2 N–H and O–H groups in total. The van der Waals surface area contributed by atoms with Crippen molar-refractivity contribution >= 4 is 24.6 Å². The number of aliphatic hydroxyl groups excluding tert-OH is 1. The SMILES string of the molecule is CCN(/C=C/C=C(\C)C=N[C@@H](CO)C(=O)O)CC.Cl. The number of carbonyl (C=O) groups is 1. The second-order valence-corrected chi connectivity index (χ2v) is 3.79. The maximum atomic E-state index is 10.6. The summed E-state index contributed by atoms with van der Waals surface area (Å²) in [7, 11) is 0. The van der Waals surface area contributed by atoms with Gasteiger partial charge in [-0.1, -0.05) is 6.08 Å². The van der Waals surface area contributed by atoms with Gasteiger partial charge in [-0.2, -0.15) is 0 Å². The fraction of sp³-hybridized carbons (Fsp3) is 0.538. The molecule has 0 spiro atoms. The maximum Gasteiger partial charge on any atom is 0.330 e. The van der Waals surface area contributed by atoms with E-state index in [1.165, 1.54) is 6.21 Å². The molecule has 0 heterocycles. The molecule has 5 nitrogen and oxygen atoms in total. The van der Waals surface area contributed by atoms with Crippen LogP contribution in [0.25, 0.3) is 0 Å². The van der Waals surface area contributed by atoms with E-state index in [-0.39, 0.29) is 12.4 Å². The molecule has 19 heavy (non-hydrogen) atoms. The maximum absolute atomic E-state index is 10.6. The molecule has 1 atom stereocenters. The van der Waals surface area contributed by atoms with Crippen LogP contribution in [0.15, 0.2) is 28.9 Å². The van der Waals surface area contributed by atoms with Gasteiger partial charge >= 0.3 is 5.97 Å². The van der Waals surface area contributed by atoms with Crippen LogP contribution < -0.4 is 0 Å². The minimum absolute atomic E-state index is 0. The van der Waals surface area contributed by atoms with Gasteiger partial charge in [0.05, 0.1) is 6.61 Å². The summed E-state index contributed by atoms with van der Waals surface area (Å²) >= 11 is 0. The third-order valence-electron chi connectivity index (χ3n) is 2.38. The lowest BCUT2D eigenvalue weighted by molar-refractivity contribution is -0.139. The first-order chi connectivity index (χ1) is 8.54. The molecule has 110 valence electrons. The van der Waals surface area contributed by atoms with Crippen LogP contribution >= 0.6 is 12.4 Å². The number of carboxylic acids is 1. The Morgan fingerprint density at radius 1 is 1.37 bits per heavy atom. The zero-order valence-corrected chi connectivity index (χ0v) is 12.4. The normalized spacial score (nSPS) is 13.6. The Balaban J connectivity index is 0. The smallest absolute Gasteiger partial charge is 0.330 e. The lowest BCUT2D eigenvalue weighted by Crippen LogP contribution is -2.22. The fourth-order valence-electron chi connectivity index (χ4n) is 1.19. The molecule has 0 aliphatic heterocycles. The van der Waals surface area contributed by atoms with Crippen molar-refractivity contribution in [2.75, 3.05) is 19.7 Å². The third kappa shape index (κ3) is 9.27. The Labute approximate surface area is 120 Å². The Hall–Kier alpha value is -1.33. The topological polar surface area (TPSA) is 73.1 Å². The average Bonchev–Trinajstić information content (AvgIpc) is 2.35. The monoisotopic (exact) mass is 290 g/mol. The number of halogens is 1.